The van der Waals surface area contributed by atoms with Crippen molar-refractivity contribution in [3.63, 3.8) is 0 Å². The molecule has 22 heavy (non-hydrogen) atoms. The Morgan fingerprint density at radius 2 is 1.73 bits per heavy atom. The van der Waals surface area contributed by atoms with Gasteiger partial charge in [0.1, 0.15) is 0 Å². The normalized spacial score (nSPS) is 11.7. The van der Waals surface area contributed by atoms with Crippen LogP contribution in [-0.4, -0.2) is 17.1 Å². The number of anilines is 1. The zero-order valence-corrected chi connectivity index (χ0v) is 13.3. The first-order valence-electron chi connectivity index (χ1n) is 6.90. The molecule has 0 saturated heterocycles. The van der Waals surface area contributed by atoms with Gasteiger partial charge in [-0.2, -0.15) is 0 Å². The molecule has 0 aliphatic heterocycles. The largest absolute Gasteiger partial charge is 0.366 e. The fourth-order valence-electron chi connectivity index (χ4n) is 1.92. The monoisotopic (exact) mass is 314 g/mol. The third kappa shape index (κ3) is 4.11. The molecule has 4 nitrogen and oxygen atoms in total. The quantitative estimate of drug-likeness (QED) is 0.832. The van der Waals surface area contributed by atoms with Crippen LogP contribution in [0.2, 0.25) is 0 Å². The summed E-state index contributed by atoms with van der Waals surface area (Å²) in [6.07, 6.45) is 0. The van der Waals surface area contributed by atoms with Gasteiger partial charge in [-0.25, -0.2) is 0 Å². The number of hydrogen-bond donors (Lipinski definition) is 2. The Hall–Kier alpha value is -2.27. The number of amides is 2. The lowest BCUT2D eigenvalue weighted by Crippen LogP contribution is -2.24. The van der Waals surface area contributed by atoms with Gasteiger partial charge < -0.3 is 11.1 Å². The fourth-order valence-corrected chi connectivity index (χ4v) is 2.78. The molecular formula is C17H18N2O2S. The molecule has 0 bridgehead atoms. The van der Waals surface area contributed by atoms with E-state index < -0.39 is 5.91 Å². The highest BCUT2D eigenvalue weighted by atomic mass is 32.2. The Kier molecular flexibility index (Phi) is 5.22. The molecule has 0 fully saturated rings. The van der Waals surface area contributed by atoms with E-state index in [2.05, 4.69) is 5.32 Å². The van der Waals surface area contributed by atoms with Crippen LogP contribution in [0.4, 0.5) is 5.69 Å². The van der Waals surface area contributed by atoms with Gasteiger partial charge in [-0.1, -0.05) is 29.8 Å². The van der Waals surface area contributed by atoms with Crippen molar-refractivity contribution in [3.8, 4) is 0 Å². The molecule has 0 heterocycles. The summed E-state index contributed by atoms with van der Waals surface area (Å²) in [7, 11) is 0. The molecule has 2 aromatic rings. The van der Waals surface area contributed by atoms with E-state index in [1.807, 2.05) is 38.1 Å². The van der Waals surface area contributed by atoms with E-state index in [0.717, 1.165) is 4.90 Å². The second-order valence-electron chi connectivity index (χ2n) is 4.97. The van der Waals surface area contributed by atoms with Crippen LogP contribution in [0, 0.1) is 6.92 Å². The van der Waals surface area contributed by atoms with Crippen molar-refractivity contribution < 1.29 is 9.59 Å². The molecule has 2 aromatic carbocycles. The molecule has 1 atom stereocenters. The summed E-state index contributed by atoms with van der Waals surface area (Å²) in [5, 5.41) is 2.47. The average molecular weight is 314 g/mol. The Bertz CT molecular complexity index is 683. The minimum atomic E-state index is -0.560. The van der Waals surface area contributed by atoms with Gasteiger partial charge in [-0.3, -0.25) is 9.59 Å². The summed E-state index contributed by atoms with van der Waals surface area (Å²) < 4.78 is 0. The molecule has 0 aliphatic rings. The van der Waals surface area contributed by atoms with Crippen LogP contribution >= 0.6 is 11.8 Å². The first-order valence-corrected chi connectivity index (χ1v) is 7.78. The third-order valence-electron chi connectivity index (χ3n) is 3.15. The van der Waals surface area contributed by atoms with Crippen molar-refractivity contribution in [2.75, 3.05) is 5.32 Å². The van der Waals surface area contributed by atoms with Crippen molar-refractivity contribution in [1.82, 2.24) is 0 Å². The maximum absolute atomic E-state index is 12.3. The number of carbonyl (C=O) groups excluding carboxylic acids is 2. The Balaban J connectivity index is 2.05. The molecule has 0 unspecified atom stereocenters. The standard InChI is InChI=1S/C17H18N2O2S/c1-11-7-9-13(10-8-11)22-12(2)17(21)19-15-6-4-3-5-14(15)16(18)20/h3-10,12H,1-2H3,(H2,18,20)(H,19,21)/t12-/m0/s1. The van der Waals surface area contributed by atoms with Gasteiger partial charge in [0, 0.05) is 4.90 Å². The molecule has 0 spiro atoms. The lowest BCUT2D eigenvalue weighted by molar-refractivity contribution is -0.115. The number of benzene rings is 2. The summed E-state index contributed by atoms with van der Waals surface area (Å²) >= 11 is 1.47. The molecule has 3 N–H and O–H groups in total. The van der Waals surface area contributed by atoms with Crippen LogP contribution < -0.4 is 11.1 Å². The molecule has 0 radical (unpaired) electrons. The predicted molar refractivity (Wildman–Crippen MR) is 90.1 cm³/mol. The highest BCUT2D eigenvalue weighted by Crippen LogP contribution is 2.25. The van der Waals surface area contributed by atoms with E-state index in [1.165, 1.54) is 17.3 Å². The Morgan fingerprint density at radius 3 is 2.36 bits per heavy atom. The molecule has 114 valence electrons. The van der Waals surface area contributed by atoms with E-state index in [1.54, 1.807) is 24.3 Å². The van der Waals surface area contributed by atoms with Crippen LogP contribution in [0.5, 0.6) is 0 Å². The first-order chi connectivity index (χ1) is 10.5. The highest BCUT2D eigenvalue weighted by molar-refractivity contribution is 8.00. The van der Waals surface area contributed by atoms with Gasteiger partial charge in [-0.05, 0) is 38.1 Å². The summed E-state index contributed by atoms with van der Waals surface area (Å²) in [4.78, 5) is 24.7. The van der Waals surface area contributed by atoms with Gasteiger partial charge in [0.2, 0.25) is 5.91 Å². The summed E-state index contributed by atoms with van der Waals surface area (Å²) in [5.41, 5.74) is 7.24. The zero-order chi connectivity index (χ0) is 16.1. The van der Waals surface area contributed by atoms with Crippen LogP contribution in [0.1, 0.15) is 22.8 Å². The van der Waals surface area contributed by atoms with Crippen LogP contribution in [0.25, 0.3) is 0 Å². The predicted octanol–water partition coefficient (Wildman–Crippen LogP) is 3.21. The smallest absolute Gasteiger partial charge is 0.250 e. The van der Waals surface area contributed by atoms with E-state index in [0.29, 0.717) is 11.3 Å². The molecule has 0 aliphatic carbocycles. The van der Waals surface area contributed by atoms with Crippen molar-refractivity contribution in [1.29, 1.82) is 0 Å². The van der Waals surface area contributed by atoms with Gasteiger partial charge >= 0.3 is 0 Å². The third-order valence-corrected chi connectivity index (χ3v) is 4.27. The molecule has 5 heteroatoms. The maximum atomic E-state index is 12.3. The highest BCUT2D eigenvalue weighted by Gasteiger charge is 2.17. The number of primary amides is 1. The number of carbonyl (C=O) groups is 2. The Labute approximate surface area is 134 Å². The van der Waals surface area contributed by atoms with E-state index in [9.17, 15) is 9.59 Å². The van der Waals surface area contributed by atoms with Crippen molar-refractivity contribution in [2.24, 2.45) is 5.73 Å². The average Bonchev–Trinajstić information content (AvgIpc) is 2.49. The van der Waals surface area contributed by atoms with Gasteiger partial charge in [0.25, 0.3) is 5.91 Å². The zero-order valence-electron chi connectivity index (χ0n) is 12.5. The molecule has 0 saturated carbocycles. The molecule has 0 aromatic heterocycles. The van der Waals surface area contributed by atoms with Crippen molar-refractivity contribution in [2.45, 2.75) is 24.0 Å². The summed E-state index contributed by atoms with van der Waals surface area (Å²) in [6.45, 7) is 3.85. The SMILES string of the molecule is Cc1ccc(S[C@@H](C)C(=O)Nc2ccccc2C(N)=O)cc1. The summed E-state index contributed by atoms with van der Waals surface area (Å²) in [6, 6.07) is 14.7. The number of nitrogens with two attached hydrogens (primary N) is 1. The molecular weight excluding hydrogens is 296 g/mol. The number of hydrogen-bond acceptors (Lipinski definition) is 3. The van der Waals surface area contributed by atoms with E-state index >= 15 is 0 Å². The fraction of sp³-hybridized carbons (Fsp3) is 0.176. The second kappa shape index (κ2) is 7.13. The number of rotatable bonds is 5. The first kappa shape index (κ1) is 16.1. The van der Waals surface area contributed by atoms with E-state index in [4.69, 9.17) is 5.73 Å². The molecule has 2 rings (SSSR count). The van der Waals surface area contributed by atoms with Gasteiger partial charge in [0.15, 0.2) is 0 Å². The van der Waals surface area contributed by atoms with Crippen molar-refractivity contribution in [3.05, 3.63) is 59.7 Å². The van der Waals surface area contributed by atoms with Gasteiger partial charge in [-0.15, -0.1) is 11.8 Å². The van der Waals surface area contributed by atoms with Crippen LogP contribution in [-0.2, 0) is 4.79 Å². The number of nitrogens with one attached hydrogen (secondary N) is 1. The minimum Gasteiger partial charge on any atom is -0.366 e. The van der Waals surface area contributed by atoms with Crippen LogP contribution in [0.15, 0.2) is 53.4 Å². The molecule has 2 amide bonds. The minimum absolute atomic E-state index is 0.167. The lowest BCUT2D eigenvalue weighted by Gasteiger charge is -2.13. The number of aryl methyl sites for hydroxylation is 1. The Morgan fingerprint density at radius 1 is 1.09 bits per heavy atom. The van der Waals surface area contributed by atoms with Crippen LogP contribution in [0.3, 0.4) is 0 Å². The summed E-state index contributed by atoms with van der Waals surface area (Å²) in [5.74, 6) is -0.728. The van der Waals surface area contributed by atoms with E-state index in [-0.39, 0.29) is 11.2 Å². The maximum Gasteiger partial charge on any atom is 0.250 e. The van der Waals surface area contributed by atoms with Gasteiger partial charge in [0.05, 0.1) is 16.5 Å². The lowest BCUT2D eigenvalue weighted by atomic mass is 10.1. The van der Waals surface area contributed by atoms with Crippen molar-refractivity contribution >= 4 is 29.3 Å². The topological polar surface area (TPSA) is 72.2 Å². The number of thioether (sulfide) groups is 1. The number of para-hydroxylation sites is 1. The second-order valence-corrected chi connectivity index (χ2v) is 6.39.